The fourth-order valence-electron chi connectivity index (χ4n) is 2.96. The lowest BCUT2D eigenvalue weighted by Crippen LogP contribution is -2.07. The Labute approximate surface area is 150 Å². The van der Waals surface area contributed by atoms with Crippen LogP contribution in [0.5, 0.6) is 0 Å². The molecule has 0 amide bonds. The van der Waals surface area contributed by atoms with Crippen LogP contribution in [-0.4, -0.2) is 24.3 Å². The Morgan fingerprint density at radius 2 is 1.92 bits per heavy atom. The minimum absolute atomic E-state index is 0.777. The lowest BCUT2D eigenvalue weighted by Gasteiger charge is -2.10. The van der Waals surface area contributed by atoms with Crippen molar-refractivity contribution in [1.82, 2.24) is 24.3 Å². The van der Waals surface area contributed by atoms with Gasteiger partial charge in [0.25, 0.3) is 0 Å². The molecule has 25 heavy (non-hydrogen) atoms. The zero-order chi connectivity index (χ0) is 17.1. The number of imidazole rings is 1. The van der Waals surface area contributed by atoms with E-state index < -0.39 is 0 Å². The van der Waals surface area contributed by atoms with Crippen LogP contribution in [0.2, 0.25) is 0 Å². The number of rotatable bonds is 6. The highest BCUT2D eigenvalue weighted by atomic mass is 32.1. The van der Waals surface area contributed by atoms with E-state index in [9.17, 15) is 0 Å². The number of benzene rings is 1. The molecule has 0 N–H and O–H groups in total. The molecule has 0 saturated carbocycles. The smallest absolute Gasteiger partial charge is 0.177 e. The van der Waals surface area contributed by atoms with Crippen LogP contribution in [0.25, 0.3) is 22.8 Å². The molecule has 0 radical (unpaired) electrons. The van der Waals surface area contributed by atoms with E-state index in [0.717, 1.165) is 42.3 Å². The molecule has 5 nitrogen and oxygen atoms in total. The first-order valence-corrected chi connectivity index (χ1v) is 9.26. The monoisotopic (exact) mass is 349 g/mol. The van der Waals surface area contributed by atoms with Crippen molar-refractivity contribution in [2.75, 3.05) is 0 Å². The molecule has 0 aliphatic carbocycles. The quantitative estimate of drug-likeness (QED) is 0.526. The van der Waals surface area contributed by atoms with Crippen LogP contribution in [-0.2, 0) is 19.5 Å². The molecule has 1 aromatic carbocycles. The zero-order valence-electron chi connectivity index (χ0n) is 14.0. The second-order valence-electron chi connectivity index (χ2n) is 5.73. The first-order valence-electron chi connectivity index (χ1n) is 8.38. The van der Waals surface area contributed by atoms with Crippen molar-refractivity contribution in [2.24, 2.45) is 0 Å². The van der Waals surface area contributed by atoms with Crippen molar-refractivity contribution in [3.8, 4) is 22.8 Å². The molecule has 4 rings (SSSR count). The third kappa shape index (κ3) is 3.13. The summed E-state index contributed by atoms with van der Waals surface area (Å²) in [5.41, 5.74) is 3.08. The molecule has 0 saturated heterocycles. The fourth-order valence-corrected chi connectivity index (χ4v) is 3.66. The maximum absolute atomic E-state index is 4.70. The van der Waals surface area contributed by atoms with Crippen LogP contribution in [0.1, 0.15) is 11.8 Å². The third-order valence-electron chi connectivity index (χ3n) is 4.19. The van der Waals surface area contributed by atoms with Gasteiger partial charge in [0.15, 0.2) is 5.82 Å². The highest BCUT2D eigenvalue weighted by Crippen LogP contribution is 2.30. The summed E-state index contributed by atoms with van der Waals surface area (Å²) in [7, 11) is 0. The van der Waals surface area contributed by atoms with E-state index in [1.807, 2.05) is 29.2 Å². The molecule has 3 heterocycles. The maximum atomic E-state index is 4.70. The molecule has 4 aromatic rings. The molecular formula is C19H19N5S. The van der Waals surface area contributed by atoms with Crippen molar-refractivity contribution >= 4 is 11.3 Å². The number of thiophene rings is 1. The number of aryl methyl sites for hydroxylation is 3. The van der Waals surface area contributed by atoms with Crippen molar-refractivity contribution in [2.45, 2.75) is 26.4 Å². The molecule has 126 valence electrons. The highest BCUT2D eigenvalue weighted by molar-refractivity contribution is 7.09. The minimum atomic E-state index is 0.777. The van der Waals surface area contributed by atoms with E-state index in [0.29, 0.717) is 0 Å². The second-order valence-corrected chi connectivity index (χ2v) is 6.76. The van der Waals surface area contributed by atoms with E-state index >= 15 is 0 Å². The summed E-state index contributed by atoms with van der Waals surface area (Å²) in [5.74, 6) is 0.866. The van der Waals surface area contributed by atoms with Gasteiger partial charge in [-0.2, -0.15) is 5.10 Å². The Hall–Kier alpha value is -2.73. The Morgan fingerprint density at radius 3 is 2.68 bits per heavy atom. The lowest BCUT2D eigenvalue weighted by molar-refractivity contribution is 0.650. The van der Waals surface area contributed by atoms with Crippen LogP contribution < -0.4 is 0 Å². The van der Waals surface area contributed by atoms with Crippen LogP contribution >= 0.6 is 11.3 Å². The first kappa shape index (κ1) is 15.8. The van der Waals surface area contributed by atoms with Crippen molar-refractivity contribution in [1.29, 1.82) is 0 Å². The standard InChI is InChI=1S/C19H19N5S/c1-2-24-19(20-13-22-24)18-17(15-7-4-3-5-8-15)21-14-23(18)11-10-16-9-6-12-25-16/h3-9,12-14H,2,10-11H2,1H3. The minimum Gasteiger partial charge on any atom is -0.327 e. The average molecular weight is 349 g/mol. The van der Waals surface area contributed by atoms with E-state index in [-0.39, 0.29) is 0 Å². The van der Waals surface area contributed by atoms with Crippen LogP contribution in [0, 0.1) is 0 Å². The van der Waals surface area contributed by atoms with Gasteiger partial charge in [-0.05, 0) is 24.8 Å². The molecule has 0 spiro atoms. The number of nitrogens with zero attached hydrogens (tertiary/aromatic N) is 5. The highest BCUT2D eigenvalue weighted by Gasteiger charge is 2.19. The topological polar surface area (TPSA) is 48.5 Å². The van der Waals surface area contributed by atoms with Gasteiger partial charge in [-0.15, -0.1) is 11.3 Å². The van der Waals surface area contributed by atoms with Crippen LogP contribution in [0.3, 0.4) is 0 Å². The number of hydrogen-bond acceptors (Lipinski definition) is 4. The van der Waals surface area contributed by atoms with Gasteiger partial charge >= 0.3 is 0 Å². The van der Waals surface area contributed by atoms with Gasteiger partial charge in [-0.1, -0.05) is 36.4 Å². The summed E-state index contributed by atoms with van der Waals surface area (Å²) >= 11 is 1.79. The molecule has 0 fully saturated rings. The average Bonchev–Trinajstić information content (AvgIpc) is 3.39. The Kier molecular flexibility index (Phi) is 4.43. The number of aromatic nitrogens is 5. The predicted molar refractivity (Wildman–Crippen MR) is 100 cm³/mol. The Balaban J connectivity index is 1.77. The molecule has 0 atom stereocenters. The molecule has 3 aromatic heterocycles. The summed E-state index contributed by atoms with van der Waals surface area (Å²) in [6.45, 7) is 3.72. The molecule has 6 heteroatoms. The van der Waals surface area contributed by atoms with Gasteiger partial charge in [0, 0.05) is 23.5 Å². The Bertz CT molecular complexity index is 938. The first-order chi connectivity index (χ1) is 12.4. The summed E-state index contributed by atoms with van der Waals surface area (Å²) in [5, 5.41) is 6.46. The molecule has 0 aliphatic heterocycles. The van der Waals surface area contributed by atoms with Crippen LogP contribution in [0.4, 0.5) is 0 Å². The summed E-state index contributed by atoms with van der Waals surface area (Å²) in [4.78, 5) is 10.6. The molecule has 0 aliphatic rings. The van der Waals surface area contributed by atoms with Crippen LogP contribution in [0.15, 0.2) is 60.5 Å². The van der Waals surface area contributed by atoms with Gasteiger partial charge in [-0.25, -0.2) is 14.6 Å². The SMILES string of the molecule is CCn1ncnc1-c1c(-c2ccccc2)ncn1CCc1cccs1. The van der Waals surface area contributed by atoms with Gasteiger partial charge in [-0.3, -0.25) is 0 Å². The predicted octanol–water partition coefficient (Wildman–Crippen LogP) is 4.13. The van der Waals surface area contributed by atoms with Crippen molar-refractivity contribution < 1.29 is 0 Å². The molecular weight excluding hydrogens is 330 g/mol. The van der Waals surface area contributed by atoms with Gasteiger partial charge < -0.3 is 4.57 Å². The van der Waals surface area contributed by atoms with Gasteiger partial charge in [0.2, 0.25) is 0 Å². The Morgan fingerprint density at radius 1 is 1.04 bits per heavy atom. The van der Waals surface area contributed by atoms with E-state index in [2.05, 4.69) is 51.2 Å². The van der Waals surface area contributed by atoms with E-state index in [1.165, 1.54) is 4.88 Å². The summed E-state index contributed by atoms with van der Waals surface area (Å²) in [6, 6.07) is 14.5. The van der Waals surface area contributed by atoms with Crippen molar-refractivity contribution in [3.05, 3.63) is 65.4 Å². The maximum Gasteiger partial charge on any atom is 0.177 e. The summed E-state index contributed by atoms with van der Waals surface area (Å²) in [6.07, 6.45) is 4.51. The number of hydrogen-bond donors (Lipinski definition) is 0. The molecule has 0 unspecified atom stereocenters. The van der Waals surface area contributed by atoms with Gasteiger partial charge in [0.05, 0.1) is 12.0 Å². The van der Waals surface area contributed by atoms with E-state index in [1.54, 1.807) is 17.7 Å². The lowest BCUT2D eigenvalue weighted by atomic mass is 10.1. The van der Waals surface area contributed by atoms with Crippen molar-refractivity contribution in [3.63, 3.8) is 0 Å². The largest absolute Gasteiger partial charge is 0.327 e. The van der Waals surface area contributed by atoms with E-state index in [4.69, 9.17) is 4.98 Å². The van der Waals surface area contributed by atoms with Gasteiger partial charge in [0.1, 0.15) is 12.0 Å². The fraction of sp³-hybridized carbons (Fsp3) is 0.211. The third-order valence-corrected chi connectivity index (χ3v) is 5.13. The zero-order valence-corrected chi connectivity index (χ0v) is 14.9. The summed E-state index contributed by atoms with van der Waals surface area (Å²) < 4.78 is 4.11. The molecule has 0 bridgehead atoms. The normalized spacial score (nSPS) is 11.1. The second kappa shape index (κ2) is 7.03.